The summed E-state index contributed by atoms with van der Waals surface area (Å²) in [6.45, 7) is 3.72. The van der Waals surface area contributed by atoms with Crippen LogP contribution < -0.4 is 5.32 Å². The highest BCUT2D eigenvalue weighted by molar-refractivity contribution is 5.21. The number of aromatic nitrogens is 3. The van der Waals surface area contributed by atoms with Crippen molar-refractivity contribution in [1.29, 1.82) is 0 Å². The summed E-state index contributed by atoms with van der Waals surface area (Å²) < 4.78 is 0. The lowest BCUT2D eigenvalue weighted by Gasteiger charge is -2.05. The zero-order valence-electron chi connectivity index (χ0n) is 8.70. The second kappa shape index (κ2) is 4.70. The number of nitrogens with zero attached hydrogens (tertiary/aromatic N) is 2. The van der Waals surface area contributed by atoms with Gasteiger partial charge in [-0.1, -0.05) is 0 Å². The van der Waals surface area contributed by atoms with Gasteiger partial charge in [0, 0.05) is 37.4 Å². The van der Waals surface area contributed by atoms with Crippen LogP contribution in [-0.2, 0) is 13.1 Å². The minimum Gasteiger partial charge on any atom is -0.347 e. The van der Waals surface area contributed by atoms with E-state index in [0.717, 1.165) is 18.8 Å². The summed E-state index contributed by atoms with van der Waals surface area (Å²) in [5, 5.41) is 3.33. The van der Waals surface area contributed by atoms with Crippen molar-refractivity contribution in [2.45, 2.75) is 20.0 Å². The van der Waals surface area contributed by atoms with Gasteiger partial charge in [-0.25, -0.2) is 4.98 Å². The number of hydrogen-bond acceptors (Lipinski definition) is 3. The third-order valence-corrected chi connectivity index (χ3v) is 2.33. The Labute approximate surface area is 88.8 Å². The van der Waals surface area contributed by atoms with Crippen molar-refractivity contribution >= 4 is 0 Å². The van der Waals surface area contributed by atoms with Crippen LogP contribution in [-0.4, -0.2) is 15.0 Å². The van der Waals surface area contributed by atoms with E-state index in [1.54, 1.807) is 6.33 Å². The van der Waals surface area contributed by atoms with Crippen LogP contribution in [0.5, 0.6) is 0 Å². The molecule has 2 rings (SSSR count). The lowest BCUT2D eigenvalue weighted by molar-refractivity contribution is 0.678. The second-order valence-electron chi connectivity index (χ2n) is 3.48. The third-order valence-electron chi connectivity index (χ3n) is 2.33. The summed E-state index contributed by atoms with van der Waals surface area (Å²) >= 11 is 0. The lowest BCUT2D eigenvalue weighted by atomic mass is 10.1. The Hall–Kier alpha value is -1.68. The quantitative estimate of drug-likeness (QED) is 0.788. The molecular weight excluding hydrogens is 188 g/mol. The molecule has 0 spiro atoms. The molecule has 0 aliphatic carbocycles. The Morgan fingerprint density at radius 2 is 2.20 bits per heavy atom. The van der Waals surface area contributed by atoms with Crippen LogP contribution in [0.15, 0.2) is 31.0 Å². The average molecular weight is 202 g/mol. The van der Waals surface area contributed by atoms with E-state index in [4.69, 9.17) is 0 Å². The molecule has 0 aromatic carbocycles. The van der Waals surface area contributed by atoms with Gasteiger partial charge in [0.25, 0.3) is 0 Å². The van der Waals surface area contributed by atoms with Crippen molar-refractivity contribution in [2.24, 2.45) is 0 Å². The molecule has 2 aromatic rings. The predicted molar refractivity (Wildman–Crippen MR) is 58.1 cm³/mol. The maximum atomic E-state index is 4.10. The molecule has 2 N–H and O–H groups in total. The van der Waals surface area contributed by atoms with Crippen LogP contribution in [0.4, 0.5) is 0 Å². The topological polar surface area (TPSA) is 53.6 Å². The van der Waals surface area contributed by atoms with Gasteiger partial charge in [-0.3, -0.25) is 4.98 Å². The highest BCUT2D eigenvalue weighted by Crippen LogP contribution is 2.04. The first-order valence-electron chi connectivity index (χ1n) is 4.94. The van der Waals surface area contributed by atoms with E-state index in [1.165, 1.54) is 11.1 Å². The Bertz CT molecular complexity index is 408. The van der Waals surface area contributed by atoms with Gasteiger partial charge in [0.2, 0.25) is 0 Å². The molecular formula is C11H14N4. The summed E-state index contributed by atoms with van der Waals surface area (Å²) in [5.74, 6) is 0. The van der Waals surface area contributed by atoms with E-state index in [1.807, 2.05) is 24.7 Å². The first kappa shape index (κ1) is 9.86. The van der Waals surface area contributed by atoms with Crippen molar-refractivity contribution in [2.75, 3.05) is 0 Å². The largest absolute Gasteiger partial charge is 0.347 e. The summed E-state index contributed by atoms with van der Waals surface area (Å²) in [4.78, 5) is 11.1. The normalized spacial score (nSPS) is 10.5. The first-order chi connectivity index (χ1) is 7.36. The number of rotatable bonds is 4. The van der Waals surface area contributed by atoms with Crippen LogP contribution in [0.3, 0.4) is 0 Å². The third kappa shape index (κ3) is 2.63. The lowest BCUT2D eigenvalue weighted by Crippen LogP contribution is -2.13. The number of nitrogens with one attached hydrogen (secondary N) is 2. The fourth-order valence-electron chi connectivity index (χ4n) is 1.39. The molecule has 0 aliphatic heterocycles. The molecule has 0 amide bonds. The standard InChI is InChI=1S/C11H14N4/c1-9-2-3-12-4-10(9)5-13-6-11-7-14-8-15-11/h2-4,7-8,13H,5-6H2,1H3,(H,14,15). The van der Waals surface area contributed by atoms with Gasteiger partial charge in [0.1, 0.15) is 0 Å². The van der Waals surface area contributed by atoms with E-state index >= 15 is 0 Å². The summed E-state index contributed by atoms with van der Waals surface area (Å²) in [7, 11) is 0. The first-order valence-corrected chi connectivity index (χ1v) is 4.94. The summed E-state index contributed by atoms with van der Waals surface area (Å²) in [6, 6.07) is 2.02. The number of hydrogen-bond donors (Lipinski definition) is 2. The number of pyridine rings is 1. The average Bonchev–Trinajstić information content (AvgIpc) is 2.74. The van der Waals surface area contributed by atoms with Gasteiger partial charge < -0.3 is 10.3 Å². The Kier molecular flexibility index (Phi) is 3.09. The molecule has 0 saturated heterocycles. The van der Waals surface area contributed by atoms with E-state index in [-0.39, 0.29) is 0 Å². The second-order valence-corrected chi connectivity index (χ2v) is 3.48. The molecule has 4 heteroatoms. The fraction of sp³-hybridized carbons (Fsp3) is 0.273. The molecule has 0 radical (unpaired) electrons. The molecule has 0 unspecified atom stereocenters. The van der Waals surface area contributed by atoms with Crippen molar-refractivity contribution in [3.63, 3.8) is 0 Å². The van der Waals surface area contributed by atoms with Gasteiger partial charge >= 0.3 is 0 Å². The summed E-state index contributed by atoms with van der Waals surface area (Å²) in [6.07, 6.45) is 7.22. The molecule has 0 saturated carbocycles. The van der Waals surface area contributed by atoms with Crippen LogP contribution in [0.2, 0.25) is 0 Å². The van der Waals surface area contributed by atoms with Crippen LogP contribution in [0.25, 0.3) is 0 Å². The number of aryl methyl sites for hydroxylation is 1. The van der Waals surface area contributed by atoms with E-state index in [2.05, 4.69) is 27.2 Å². The van der Waals surface area contributed by atoms with E-state index < -0.39 is 0 Å². The zero-order chi connectivity index (χ0) is 10.5. The van der Waals surface area contributed by atoms with Crippen molar-refractivity contribution in [3.05, 3.63) is 47.8 Å². The monoisotopic (exact) mass is 202 g/mol. The highest BCUT2D eigenvalue weighted by atomic mass is 14.9. The fourth-order valence-corrected chi connectivity index (χ4v) is 1.39. The number of imidazole rings is 1. The minimum absolute atomic E-state index is 0.800. The Morgan fingerprint density at radius 3 is 2.93 bits per heavy atom. The van der Waals surface area contributed by atoms with E-state index in [0.29, 0.717) is 0 Å². The zero-order valence-corrected chi connectivity index (χ0v) is 8.70. The van der Waals surface area contributed by atoms with Crippen molar-refractivity contribution in [1.82, 2.24) is 20.3 Å². The van der Waals surface area contributed by atoms with Crippen LogP contribution in [0, 0.1) is 6.92 Å². The van der Waals surface area contributed by atoms with Gasteiger partial charge in [-0.05, 0) is 24.1 Å². The number of aromatic amines is 1. The maximum Gasteiger partial charge on any atom is 0.0922 e. The van der Waals surface area contributed by atoms with Gasteiger partial charge in [0.15, 0.2) is 0 Å². The van der Waals surface area contributed by atoms with Gasteiger partial charge in [-0.2, -0.15) is 0 Å². The Morgan fingerprint density at radius 1 is 1.27 bits per heavy atom. The maximum absolute atomic E-state index is 4.10. The summed E-state index contributed by atoms with van der Waals surface area (Å²) in [5.41, 5.74) is 3.59. The van der Waals surface area contributed by atoms with Crippen LogP contribution in [0.1, 0.15) is 16.8 Å². The highest BCUT2D eigenvalue weighted by Gasteiger charge is 1.97. The molecule has 2 heterocycles. The molecule has 2 aromatic heterocycles. The molecule has 78 valence electrons. The molecule has 15 heavy (non-hydrogen) atoms. The minimum atomic E-state index is 0.800. The van der Waals surface area contributed by atoms with E-state index in [9.17, 15) is 0 Å². The van der Waals surface area contributed by atoms with Gasteiger partial charge in [0.05, 0.1) is 6.33 Å². The SMILES string of the molecule is Cc1ccncc1CNCc1cnc[nH]1. The predicted octanol–water partition coefficient (Wildman–Crippen LogP) is 1.40. The molecule has 0 atom stereocenters. The Balaban J connectivity index is 1.86. The molecule has 0 bridgehead atoms. The molecule has 0 aliphatic rings. The van der Waals surface area contributed by atoms with Crippen molar-refractivity contribution in [3.8, 4) is 0 Å². The van der Waals surface area contributed by atoms with Crippen LogP contribution >= 0.6 is 0 Å². The van der Waals surface area contributed by atoms with Crippen molar-refractivity contribution < 1.29 is 0 Å². The molecule has 0 fully saturated rings. The van der Waals surface area contributed by atoms with Gasteiger partial charge in [-0.15, -0.1) is 0 Å². The number of H-pyrrole nitrogens is 1. The molecule has 4 nitrogen and oxygen atoms in total. The smallest absolute Gasteiger partial charge is 0.0922 e.